The molecule has 0 aliphatic carbocycles. The summed E-state index contributed by atoms with van der Waals surface area (Å²) in [6.45, 7) is 3.37. The summed E-state index contributed by atoms with van der Waals surface area (Å²) in [4.78, 5) is 0. The van der Waals surface area contributed by atoms with Gasteiger partial charge in [0.25, 0.3) is 0 Å². The molecule has 0 bridgehead atoms. The lowest BCUT2D eigenvalue weighted by Gasteiger charge is -2.37. The second-order valence-corrected chi connectivity index (χ2v) is 3.79. The van der Waals surface area contributed by atoms with Crippen molar-refractivity contribution >= 4 is 0 Å². The van der Waals surface area contributed by atoms with Crippen LogP contribution < -0.4 is 5.32 Å². The average Bonchev–Trinajstić information content (AvgIpc) is 2.27. The fourth-order valence-corrected chi connectivity index (χ4v) is 1.71. The molecular formula is C10H18N2O2. The van der Waals surface area contributed by atoms with E-state index in [1.807, 2.05) is 6.92 Å². The predicted octanol–water partition coefficient (Wildman–Crippen LogP) is 0.420. The Hall–Kier alpha value is -0.630. The highest BCUT2D eigenvalue weighted by Crippen LogP contribution is 2.21. The van der Waals surface area contributed by atoms with E-state index < -0.39 is 0 Å². The van der Waals surface area contributed by atoms with Gasteiger partial charge in [0.15, 0.2) is 0 Å². The molecule has 1 rings (SSSR count). The van der Waals surface area contributed by atoms with Gasteiger partial charge in [-0.3, -0.25) is 5.32 Å². The molecule has 1 aliphatic heterocycles. The largest absolute Gasteiger partial charge is 0.394 e. The van der Waals surface area contributed by atoms with Crippen molar-refractivity contribution in [1.29, 1.82) is 5.26 Å². The van der Waals surface area contributed by atoms with E-state index in [0.717, 1.165) is 19.3 Å². The number of nitrogens with one attached hydrogen (secondary N) is 1. The molecular weight excluding hydrogens is 180 g/mol. The van der Waals surface area contributed by atoms with Gasteiger partial charge in [-0.25, -0.2) is 0 Å². The van der Waals surface area contributed by atoms with Gasteiger partial charge in [-0.2, -0.15) is 5.26 Å². The quantitative estimate of drug-likeness (QED) is 0.687. The smallest absolute Gasteiger partial charge is 0.0955 e. The average molecular weight is 198 g/mol. The topological polar surface area (TPSA) is 65.3 Å². The monoisotopic (exact) mass is 198 g/mol. The van der Waals surface area contributed by atoms with Crippen LogP contribution in [0.5, 0.6) is 0 Å². The number of nitrogens with zero attached hydrogens (tertiary/aromatic N) is 1. The molecule has 0 aromatic heterocycles. The molecule has 0 radical (unpaired) electrons. The zero-order valence-corrected chi connectivity index (χ0v) is 8.62. The second kappa shape index (κ2) is 5.30. The summed E-state index contributed by atoms with van der Waals surface area (Å²) in [7, 11) is 0. The number of nitriles is 1. The van der Waals surface area contributed by atoms with Crippen LogP contribution in [0.3, 0.4) is 0 Å². The molecule has 0 spiro atoms. The molecule has 80 valence electrons. The van der Waals surface area contributed by atoms with Crippen LogP contribution in [0, 0.1) is 11.3 Å². The SMILES string of the molecule is CCC(C#N)NC1(CO)CCOCC1. The molecule has 1 unspecified atom stereocenters. The third-order valence-corrected chi connectivity index (χ3v) is 2.80. The fraction of sp³-hybridized carbons (Fsp3) is 0.900. The highest BCUT2D eigenvalue weighted by Gasteiger charge is 2.33. The van der Waals surface area contributed by atoms with E-state index in [0.29, 0.717) is 13.2 Å². The Kier molecular flexibility index (Phi) is 4.33. The van der Waals surface area contributed by atoms with Crippen molar-refractivity contribution < 1.29 is 9.84 Å². The van der Waals surface area contributed by atoms with Crippen LogP contribution in [-0.2, 0) is 4.74 Å². The van der Waals surface area contributed by atoms with Gasteiger partial charge in [0, 0.05) is 18.8 Å². The van der Waals surface area contributed by atoms with E-state index in [1.54, 1.807) is 0 Å². The third-order valence-electron chi connectivity index (χ3n) is 2.80. The Labute approximate surface area is 84.9 Å². The van der Waals surface area contributed by atoms with Crippen molar-refractivity contribution in [2.24, 2.45) is 0 Å². The number of hydrogen-bond donors (Lipinski definition) is 2. The van der Waals surface area contributed by atoms with Crippen molar-refractivity contribution in [2.45, 2.75) is 37.8 Å². The first-order chi connectivity index (χ1) is 6.76. The number of hydrogen-bond acceptors (Lipinski definition) is 4. The lowest BCUT2D eigenvalue weighted by atomic mass is 9.90. The zero-order valence-electron chi connectivity index (χ0n) is 8.62. The first-order valence-corrected chi connectivity index (χ1v) is 5.12. The number of aliphatic hydroxyl groups excluding tert-OH is 1. The van der Waals surface area contributed by atoms with Crippen LogP contribution in [0.2, 0.25) is 0 Å². The predicted molar refractivity (Wildman–Crippen MR) is 52.7 cm³/mol. The van der Waals surface area contributed by atoms with Crippen LogP contribution in [-0.4, -0.2) is 36.5 Å². The Morgan fingerprint density at radius 1 is 1.57 bits per heavy atom. The number of ether oxygens (including phenoxy) is 1. The summed E-state index contributed by atoms with van der Waals surface area (Å²) in [5, 5.41) is 21.4. The molecule has 0 aromatic rings. The molecule has 14 heavy (non-hydrogen) atoms. The van der Waals surface area contributed by atoms with Gasteiger partial charge in [-0.1, -0.05) is 6.92 Å². The van der Waals surface area contributed by atoms with Gasteiger partial charge < -0.3 is 9.84 Å². The molecule has 1 heterocycles. The summed E-state index contributed by atoms with van der Waals surface area (Å²) in [6, 6.07) is 2.03. The van der Waals surface area contributed by atoms with Crippen LogP contribution in [0.1, 0.15) is 26.2 Å². The standard InChI is InChI=1S/C10H18N2O2/c1-2-9(7-11)12-10(8-13)3-5-14-6-4-10/h9,12-13H,2-6,8H2,1H3. The van der Waals surface area contributed by atoms with Gasteiger partial charge in [0.2, 0.25) is 0 Å². The summed E-state index contributed by atoms with van der Waals surface area (Å²) in [5.74, 6) is 0. The van der Waals surface area contributed by atoms with E-state index >= 15 is 0 Å². The van der Waals surface area contributed by atoms with E-state index in [-0.39, 0.29) is 18.2 Å². The Morgan fingerprint density at radius 2 is 2.21 bits per heavy atom. The van der Waals surface area contributed by atoms with E-state index in [2.05, 4.69) is 11.4 Å². The summed E-state index contributed by atoms with van der Waals surface area (Å²) in [6.07, 6.45) is 2.32. The first kappa shape index (κ1) is 11.4. The van der Waals surface area contributed by atoms with Crippen LogP contribution in [0.15, 0.2) is 0 Å². The van der Waals surface area contributed by atoms with Crippen molar-refractivity contribution in [3.05, 3.63) is 0 Å². The zero-order chi connectivity index (χ0) is 10.4. The van der Waals surface area contributed by atoms with Gasteiger partial charge in [-0.15, -0.1) is 0 Å². The minimum Gasteiger partial charge on any atom is -0.394 e. The van der Waals surface area contributed by atoms with Gasteiger partial charge >= 0.3 is 0 Å². The van der Waals surface area contributed by atoms with Gasteiger partial charge in [0.1, 0.15) is 0 Å². The van der Waals surface area contributed by atoms with Crippen molar-refractivity contribution in [2.75, 3.05) is 19.8 Å². The van der Waals surface area contributed by atoms with Crippen LogP contribution in [0.25, 0.3) is 0 Å². The second-order valence-electron chi connectivity index (χ2n) is 3.79. The van der Waals surface area contributed by atoms with E-state index in [1.165, 1.54) is 0 Å². The maximum Gasteiger partial charge on any atom is 0.0955 e. The lowest BCUT2D eigenvalue weighted by molar-refractivity contribution is 0.00913. The summed E-state index contributed by atoms with van der Waals surface area (Å²) in [5.41, 5.74) is -0.297. The summed E-state index contributed by atoms with van der Waals surface area (Å²) >= 11 is 0. The first-order valence-electron chi connectivity index (χ1n) is 5.12. The van der Waals surface area contributed by atoms with E-state index in [4.69, 9.17) is 10.00 Å². The maximum atomic E-state index is 9.35. The highest BCUT2D eigenvalue weighted by atomic mass is 16.5. The number of rotatable bonds is 4. The molecule has 1 saturated heterocycles. The van der Waals surface area contributed by atoms with Crippen LogP contribution in [0.4, 0.5) is 0 Å². The molecule has 0 aromatic carbocycles. The Bertz CT molecular complexity index is 207. The van der Waals surface area contributed by atoms with E-state index in [9.17, 15) is 5.11 Å². The highest BCUT2D eigenvalue weighted by molar-refractivity contribution is 4.98. The molecule has 0 saturated carbocycles. The Morgan fingerprint density at radius 3 is 2.64 bits per heavy atom. The molecule has 0 amide bonds. The molecule has 2 N–H and O–H groups in total. The minimum atomic E-state index is -0.297. The molecule has 1 atom stereocenters. The minimum absolute atomic E-state index is 0.0779. The van der Waals surface area contributed by atoms with Gasteiger partial charge in [0.05, 0.1) is 18.7 Å². The Balaban J connectivity index is 2.55. The summed E-state index contributed by atoms with van der Waals surface area (Å²) < 4.78 is 5.24. The molecule has 4 nitrogen and oxygen atoms in total. The molecule has 1 aliphatic rings. The van der Waals surface area contributed by atoms with Crippen molar-refractivity contribution in [3.8, 4) is 6.07 Å². The normalized spacial score (nSPS) is 22.6. The molecule has 4 heteroatoms. The van der Waals surface area contributed by atoms with Gasteiger partial charge in [-0.05, 0) is 19.3 Å². The lowest BCUT2D eigenvalue weighted by Crippen LogP contribution is -2.55. The molecule has 1 fully saturated rings. The third kappa shape index (κ3) is 2.68. The maximum absolute atomic E-state index is 9.35. The van der Waals surface area contributed by atoms with Crippen molar-refractivity contribution in [3.63, 3.8) is 0 Å². The number of aliphatic hydroxyl groups is 1. The fourth-order valence-electron chi connectivity index (χ4n) is 1.71. The van der Waals surface area contributed by atoms with Crippen LogP contribution >= 0.6 is 0 Å². The van der Waals surface area contributed by atoms with Crippen molar-refractivity contribution in [1.82, 2.24) is 5.32 Å².